The lowest BCUT2D eigenvalue weighted by Crippen LogP contribution is -2.19. The number of carbonyl (C=O) groups excluding carboxylic acids is 2. The summed E-state index contributed by atoms with van der Waals surface area (Å²) in [4.78, 5) is 29.4. The van der Waals surface area contributed by atoms with Crippen molar-refractivity contribution in [2.45, 2.75) is 0 Å². The summed E-state index contributed by atoms with van der Waals surface area (Å²) in [7, 11) is 0. The molecule has 0 unspecified atom stereocenters. The molecule has 0 fully saturated rings. The van der Waals surface area contributed by atoms with Crippen LogP contribution in [0.3, 0.4) is 0 Å². The number of rotatable bonds is 6. The SMILES string of the molecule is O=C(Oc1c(Br)cc(Br)cc1C=NNC(=O)c1[nH]c2c(Br)cccc2c1-c1ccccc1)c1ccc(Br)cc1. The van der Waals surface area contributed by atoms with E-state index in [1.54, 1.807) is 36.4 Å². The number of ether oxygens (including phenoxy) is 1. The molecule has 0 bridgehead atoms. The number of amides is 1. The number of aromatic amines is 1. The lowest BCUT2D eigenvalue weighted by molar-refractivity contribution is 0.0733. The van der Waals surface area contributed by atoms with Gasteiger partial charge < -0.3 is 9.72 Å². The van der Waals surface area contributed by atoms with Crippen molar-refractivity contribution in [3.8, 4) is 16.9 Å². The molecule has 0 saturated heterocycles. The van der Waals surface area contributed by atoms with Gasteiger partial charge in [0.05, 0.1) is 21.8 Å². The van der Waals surface area contributed by atoms with Gasteiger partial charge >= 0.3 is 5.97 Å². The van der Waals surface area contributed by atoms with Crippen molar-refractivity contribution in [1.82, 2.24) is 10.4 Å². The smallest absolute Gasteiger partial charge is 0.343 e. The van der Waals surface area contributed by atoms with E-state index in [4.69, 9.17) is 4.74 Å². The number of aromatic nitrogens is 1. The highest BCUT2D eigenvalue weighted by Crippen LogP contribution is 2.36. The molecule has 5 aromatic rings. The highest BCUT2D eigenvalue weighted by Gasteiger charge is 2.20. The van der Waals surface area contributed by atoms with Crippen LogP contribution in [0.15, 0.2) is 108 Å². The quantitative estimate of drug-likeness (QED) is 0.0783. The van der Waals surface area contributed by atoms with Gasteiger partial charge in [-0.3, -0.25) is 4.79 Å². The highest BCUT2D eigenvalue weighted by atomic mass is 79.9. The summed E-state index contributed by atoms with van der Waals surface area (Å²) in [6.07, 6.45) is 1.43. The van der Waals surface area contributed by atoms with Crippen LogP contribution in [0.4, 0.5) is 0 Å². The number of esters is 1. The third kappa shape index (κ3) is 6.09. The van der Waals surface area contributed by atoms with Crippen molar-refractivity contribution < 1.29 is 14.3 Å². The van der Waals surface area contributed by atoms with Crippen LogP contribution in [0.5, 0.6) is 5.75 Å². The Labute approximate surface area is 257 Å². The topological polar surface area (TPSA) is 83.5 Å². The largest absolute Gasteiger partial charge is 0.421 e. The number of para-hydroxylation sites is 1. The molecule has 6 nitrogen and oxygen atoms in total. The molecule has 0 aliphatic rings. The molecule has 1 heterocycles. The van der Waals surface area contributed by atoms with Crippen molar-refractivity contribution in [3.63, 3.8) is 0 Å². The fraction of sp³-hybridized carbons (Fsp3) is 0. The number of hydrogen-bond acceptors (Lipinski definition) is 4. The number of fused-ring (bicyclic) bond motifs is 1. The van der Waals surface area contributed by atoms with Crippen LogP contribution in [0.1, 0.15) is 26.4 Å². The Bertz CT molecular complexity index is 1730. The molecule has 194 valence electrons. The van der Waals surface area contributed by atoms with E-state index in [2.05, 4.69) is 79.2 Å². The van der Waals surface area contributed by atoms with Crippen molar-refractivity contribution in [3.05, 3.63) is 120 Å². The summed E-state index contributed by atoms with van der Waals surface area (Å²) in [5, 5.41) is 5.09. The van der Waals surface area contributed by atoms with Crippen molar-refractivity contribution in [2.75, 3.05) is 0 Å². The summed E-state index contributed by atoms with van der Waals surface area (Å²) < 4.78 is 8.66. The minimum absolute atomic E-state index is 0.267. The molecule has 1 amide bonds. The van der Waals surface area contributed by atoms with Crippen LogP contribution in [-0.4, -0.2) is 23.1 Å². The molecule has 0 radical (unpaired) electrons. The molecule has 5 rings (SSSR count). The number of hydrogen-bond donors (Lipinski definition) is 2. The van der Waals surface area contributed by atoms with Gasteiger partial charge in [-0.15, -0.1) is 0 Å². The monoisotopic (exact) mass is 771 g/mol. The second-order valence-corrected chi connectivity index (χ2v) is 11.8. The molecule has 4 aromatic carbocycles. The Morgan fingerprint density at radius 2 is 1.56 bits per heavy atom. The normalized spacial score (nSPS) is 11.2. The molecule has 0 saturated carbocycles. The van der Waals surface area contributed by atoms with E-state index >= 15 is 0 Å². The van der Waals surface area contributed by atoms with Gasteiger partial charge in [-0.05, 0) is 79.9 Å². The summed E-state index contributed by atoms with van der Waals surface area (Å²) in [5.41, 5.74) is 6.32. The van der Waals surface area contributed by atoms with Crippen LogP contribution in [0.25, 0.3) is 22.0 Å². The van der Waals surface area contributed by atoms with Crippen LogP contribution < -0.4 is 10.2 Å². The van der Waals surface area contributed by atoms with E-state index in [9.17, 15) is 9.59 Å². The van der Waals surface area contributed by atoms with Crippen molar-refractivity contribution in [2.24, 2.45) is 5.10 Å². The molecule has 39 heavy (non-hydrogen) atoms. The minimum atomic E-state index is -0.527. The zero-order valence-corrected chi connectivity index (χ0v) is 26.2. The second kappa shape index (κ2) is 12.0. The summed E-state index contributed by atoms with van der Waals surface area (Å²) in [6.45, 7) is 0. The number of nitrogens with zero attached hydrogens (tertiary/aromatic N) is 1. The standard InChI is InChI=1S/C29H17Br4N3O3/c30-19-11-9-17(10-12-19)29(38)39-27-18(13-20(31)14-23(27)33)15-34-36-28(37)26-24(16-5-2-1-3-6-16)21-7-4-8-22(32)25(21)35-26/h1-15,35H,(H,36,37). The zero-order valence-electron chi connectivity index (χ0n) is 19.8. The van der Waals surface area contributed by atoms with Gasteiger partial charge in [-0.1, -0.05) is 74.3 Å². The fourth-order valence-corrected chi connectivity index (χ4v) is 6.06. The highest BCUT2D eigenvalue weighted by molar-refractivity contribution is 9.11. The Morgan fingerprint density at radius 1 is 0.821 bits per heavy atom. The molecule has 1 aromatic heterocycles. The Morgan fingerprint density at radius 3 is 2.31 bits per heavy atom. The average molecular weight is 775 g/mol. The third-order valence-electron chi connectivity index (χ3n) is 5.75. The summed E-state index contributed by atoms with van der Waals surface area (Å²) >= 11 is 13.8. The first-order valence-corrected chi connectivity index (χ1v) is 14.6. The van der Waals surface area contributed by atoms with Crippen LogP contribution in [0.2, 0.25) is 0 Å². The van der Waals surface area contributed by atoms with Gasteiger partial charge in [0.25, 0.3) is 5.91 Å². The van der Waals surface area contributed by atoms with Crippen LogP contribution in [-0.2, 0) is 0 Å². The Hall–Kier alpha value is -3.05. The minimum Gasteiger partial charge on any atom is -0.421 e. The molecule has 0 spiro atoms. The zero-order chi connectivity index (χ0) is 27.5. The van der Waals surface area contributed by atoms with E-state index in [-0.39, 0.29) is 5.75 Å². The summed E-state index contributed by atoms with van der Waals surface area (Å²) in [6, 6.07) is 25.8. The van der Waals surface area contributed by atoms with Crippen LogP contribution >= 0.6 is 63.7 Å². The lowest BCUT2D eigenvalue weighted by atomic mass is 10.0. The van der Waals surface area contributed by atoms with Gasteiger partial charge in [-0.2, -0.15) is 5.10 Å². The van der Waals surface area contributed by atoms with E-state index < -0.39 is 11.9 Å². The van der Waals surface area contributed by atoms with E-state index in [1.807, 2.05) is 48.5 Å². The number of benzene rings is 4. The Kier molecular flexibility index (Phi) is 8.46. The predicted molar refractivity (Wildman–Crippen MR) is 167 cm³/mol. The fourth-order valence-electron chi connectivity index (χ4n) is 3.99. The maximum Gasteiger partial charge on any atom is 0.343 e. The van der Waals surface area contributed by atoms with Crippen molar-refractivity contribution in [1.29, 1.82) is 0 Å². The van der Waals surface area contributed by atoms with Gasteiger partial charge in [0, 0.05) is 29.9 Å². The Balaban J connectivity index is 1.44. The van der Waals surface area contributed by atoms with E-state index in [1.165, 1.54) is 6.21 Å². The third-order valence-corrected chi connectivity index (χ3v) is 7.99. The predicted octanol–water partition coefficient (Wildman–Crippen LogP) is 8.87. The maximum atomic E-state index is 13.3. The molecule has 10 heteroatoms. The molecular formula is C29H17Br4N3O3. The van der Waals surface area contributed by atoms with Gasteiger partial charge in [0.1, 0.15) is 5.69 Å². The van der Waals surface area contributed by atoms with Crippen LogP contribution in [0, 0.1) is 0 Å². The average Bonchev–Trinajstić information content (AvgIpc) is 3.32. The number of nitrogens with one attached hydrogen (secondary N) is 2. The van der Waals surface area contributed by atoms with Gasteiger partial charge in [-0.25, -0.2) is 10.2 Å². The number of H-pyrrole nitrogens is 1. The van der Waals surface area contributed by atoms with Gasteiger partial charge in [0.2, 0.25) is 0 Å². The number of halogens is 4. The first kappa shape index (κ1) is 27.5. The second-order valence-electron chi connectivity index (χ2n) is 8.30. The molecule has 0 aliphatic carbocycles. The van der Waals surface area contributed by atoms with E-state index in [0.29, 0.717) is 21.3 Å². The number of carbonyl (C=O) groups is 2. The number of hydrazone groups is 1. The molecule has 2 N–H and O–H groups in total. The first-order valence-electron chi connectivity index (χ1n) is 11.5. The summed E-state index contributed by atoms with van der Waals surface area (Å²) in [5.74, 6) is -0.681. The molecule has 0 aliphatic heterocycles. The molecular weight excluding hydrogens is 758 g/mol. The van der Waals surface area contributed by atoms with Crippen molar-refractivity contribution >= 4 is 92.7 Å². The van der Waals surface area contributed by atoms with Gasteiger partial charge in [0.15, 0.2) is 5.75 Å². The first-order chi connectivity index (χ1) is 18.8. The lowest BCUT2D eigenvalue weighted by Gasteiger charge is -2.11. The maximum absolute atomic E-state index is 13.3. The van der Waals surface area contributed by atoms with E-state index in [0.717, 1.165) is 35.4 Å². The molecule has 0 atom stereocenters.